The van der Waals surface area contributed by atoms with Gasteiger partial charge >= 0.3 is 216 Å². The molecule has 0 aromatic heterocycles. The van der Waals surface area contributed by atoms with E-state index in [1.54, 1.807) is 13.8 Å². The molecule has 3 nitrogen and oxygen atoms in total. The van der Waals surface area contributed by atoms with Gasteiger partial charge in [-0.15, -0.1) is 0 Å². The summed E-state index contributed by atoms with van der Waals surface area (Å²) in [5.74, 6) is 0. The molecule has 0 bridgehead atoms. The Hall–Kier alpha value is -2.75. The van der Waals surface area contributed by atoms with Crippen molar-refractivity contribution in [2.45, 2.75) is 70.0 Å². The van der Waals surface area contributed by atoms with E-state index in [0.29, 0.717) is 12.9 Å². The predicted octanol–water partition coefficient (Wildman–Crippen LogP) is 4.50. The number of hydrogen-bond acceptors (Lipinski definition) is 3. The fraction of sp³-hybridized carbons (Fsp3) is 0.355. The Morgan fingerprint density at radius 1 is 0.889 bits per heavy atom. The zero-order chi connectivity index (χ0) is 25.6. The van der Waals surface area contributed by atoms with Gasteiger partial charge in [0.05, 0.1) is 0 Å². The molecular weight excluding hydrogens is 442 g/mol. The average Bonchev–Trinajstić information content (AvgIpc) is 3.18. The van der Waals surface area contributed by atoms with Crippen molar-refractivity contribution in [2.75, 3.05) is 0 Å². The second-order valence-electron chi connectivity index (χ2n) is 11.2. The van der Waals surface area contributed by atoms with Crippen LogP contribution in [0.5, 0.6) is 0 Å². The first kappa shape index (κ1) is 24.9. The summed E-state index contributed by atoms with van der Waals surface area (Å²) in [6, 6.07) is 16.9. The van der Waals surface area contributed by atoms with Crippen LogP contribution in [0.1, 0.15) is 64.5 Å². The molecule has 182 valence electrons. The topological polar surface area (TPSA) is 46.5 Å². The van der Waals surface area contributed by atoms with Gasteiger partial charge in [0.25, 0.3) is 0 Å². The summed E-state index contributed by atoms with van der Waals surface area (Å²) in [6.45, 7) is 7.42. The van der Waals surface area contributed by atoms with Crippen LogP contribution in [-0.4, -0.2) is 30.9 Å². The zero-order valence-corrected chi connectivity index (χ0v) is 21.8. The van der Waals surface area contributed by atoms with E-state index in [-0.39, 0.29) is 0 Å². The van der Waals surface area contributed by atoms with Gasteiger partial charge in [0.2, 0.25) is 0 Å². The van der Waals surface area contributed by atoms with E-state index in [2.05, 4.69) is 60.7 Å². The van der Waals surface area contributed by atoms with Crippen LogP contribution < -0.4 is 10.9 Å². The summed E-state index contributed by atoms with van der Waals surface area (Å²) >= 11 is 0. The number of aliphatic hydroxyl groups is 1. The molecule has 0 spiro atoms. The number of rotatable bonds is 7. The van der Waals surface area contributed by atoms with Crippen molar-refractivity contribution in [3.8, 4) is 0 Å². The van der Waals surface area contributed by atoms with E-state index in [9.17, 15) is 9.81 Å². The molecule has 2 aromatic rings. The molecule has 2 aromatic carbocycles. The molecule has 0 radical (unpaired) electrons. The molecule has 0 amide bonds. The third kappa shape index (κ3) is 4.03. The molecule has 0 saturated carbocycles. The number of hydrogen-bond donors (Lipinski definition) is 1. The summed E-state index contributed by atoms with van der Waals surface area (Å²) in [7, 11) is 1.36. The second kappa shape index (κ2) is 9.28. The number of allylic oxidation sites excluding steroid dienone is 8. The molecular formula is C31H34B2O3. The minimum atomic E-state index is -0.963. The van der Waals surface area contributed by atoms with Crippen LogP contribution in [-0.2, 0) is 14.8 Å². The van der Waals surface area contributed by atoms with Crippen molar-refractivity contribution in [3.63, 3.8) is 0 Å². The first-order valence-electron chi connectivity index (χ1n) is 13.0. The third-order valence-corrected chi connectivity index (χ3v) is 8.43. The molecule has 0 atom stereocenters. The summed E-state index contributed by atoms with van der Waals surface area (Å²) in [5.41, 5.74) is 7.63. The van der Waals surface area contributed by atoms with Gasteiger partial charge < -0.3 is 0 Å². The quantitative estimate of drug-likeness (QED) is 0.599. The van der Waals surface area contributed by atoms with Crippen molar-refractivity contribution < 1.29 is 14.5 Å². The van der Waals surface area contributed by atoms with Gasteiger partial charge in [0.1, 0.15) is 0 Å². The molecule has 0 fully saturated rings. The Labute approximate surface area is 216 Å². The zero-order valence-electron chi connectivity index (χ0n) is 21.8. The van der Waals surface area contributed by atoms with Crippen LogP contribution in [0.4, 0.5) is 0 Å². The summed E-state index contributed by atoms with van der Waals surface area (Å²) in [6.07, 6.45) is 13.2. The van der Waals surface area contributed by atoms with Crippen LogP contribution in [0.25, 0.3) is 0 Å². The predicted molar refractivity (Wildman–Crippen MR) is 149 cm³/mol. The molecule has 0 heterocycles. The SMILES string of the molecule is CC(C)(O)C(C)(C)OBc1cccc(C2(c3cccc(B=O)c3)C3=C(C=CCC3)C3=C2CCC=C3)c1. The van der Waals surface area contributed by atoms with Crippen LogP contribution >= 0.6 is 0 Å². The first-order chi connectivity index (χ1) is 17.2. The van der Waals surface area contributed by atoms with E-state index in [1.807, 2.05) is 26.0 Å². The van der Waals surface area contributed by atoms with Crippen LogP contribution in [0.15, 0.2) is 95.1 Å². The van der Waals surface area contributed by atoms with Crippen molar-refractivity contribution in [1.82, 2.24) is 0 Å². The normalized spacial score (nSPS) is 18.7. The van der Waals surface area contributed by atoms with Gasteiger partial charge in [-0.1, -0.05) is 0 Å². The summed E-state index contributed by atoms with van der Waals surface area (Å²) in [5, 5.41) is 10.6. The molecule has 3 aliphatic rings. The average molecular weight is 476 g/mol. The Morgan fingerprint density at radius 2 is 1.47 bits per heavy atom. The van der Waals surface area contributed by atoms with Crippen LogP contribution in [0, 0.1) is 0 Å². The summed E-state index contributed by atoms with van der Waals surface area (Å²) < 4.78 is 18.1. The van der Waals surface area contributed by atoms with Gasteiger partial charge in [0.15, 0.2) is 0 Å². The molecule has 1 N–H and O–H groups in total. The molecule has 0 unspecified atom stereocenters. The molecule has 0 saturated heterocycles. The van der Waals surface area contributed by atoms with Crippen LogP contribution in [0.2, 0.25) is 0 Å². The van der Waals surface area contributed by atoms with Crippen molar-refractivity contribution in [2.24, 2.45) is 0 Å². The Bertz CT molecular complexity index is 1280. The maximum absolute atomic E-state index is 11.8. The van der Waals surface area contributed by atoms with E-state index in [1.165, 1.54) is 27.9 Å². The second-order valence-corrected chi connectivity index (χ2v) is 11.2. The molecule has 36 heavy (non-hydrogen) atoms. The maximum atomic E-state index is 11.8. The fourth-order valence-electron chi connectivity index (χ4n) is 5.84. The van der Waals surface area contributed by atoms with E-state index < -0.39 is 16.6 Å². The number of benzene rings is 2. The van der Waals surface area contributed by atoms with Gasteiger partial charge in [-0.05, 0) is 0 Å². The van der Waals surface area contributed by atoms with Crippen LogP contribution in [0.3, 0.4) is 0 Å². The number of fused-ring (bicyclic) bond motifs is 1. The molecule has 5 rings (SSSR count). The first-order valence-corrected chi connectivity index (χ1v) is 13.0. The monoisotopic (exact) mass is 476 g/mol. The van der Waals surface area contributed by atoms with Crippen molar-refractivity contribution >= 4 is 25.6 Å². The van der Waals surface area contributed by atoms with E-state index in [4.69, 9.17) is 4.65 Å². The van der Waals surface area contributed by atoms with Gasteiger partial charge in [-0.25, -0.2) is 0 Å². The van der Waals surface area contributed by atoms with Gasteiger partial charge in [-0.2, -0.15) is 0 Å². The van der Waals surface area contributed by atoms with Gasteiger partial charge in [0, 0.05) is 0 Å². The van der Waals surface area contributed by atoms with E-state index in [0.717, 1.165) is 43.9 Å². The molecule has 0 aliphatic heterocycles. The third-order valence-electron chi connectivity index (χ3n) is 8.43. The Balaban J connectivity index is 1.69. The van der Waals surface area contributed by atoms with Gasteiger partial charge in [-0.3, -0.25) is 0 Å². The van der Waals surface area contributed by atoms with Crippen molar-refractivity contribution in [3.05, 3.63) is 106 Å². The minimum absolute atomic E-state index is 0.402. The standard InChI is InChI=1S/C31H34B2O3/c1-29(2,34)30(3,4)36-33-24-14-10-12-22(20-24)31(21-11-9-13-23(19-21)32-35)27-17-7-5-15-25(27)26-16-6-8-18-28(26)31/h5-6,9-16,19-20,33-34H,7-8,17-18H2,1-4H3. The summed E-state index contributed by atoms with van der Waals surface area (Å²) in [4.78, 5) is 0. The Morgan fingerprint density at radius 3 is 2.06 bits per heavy atom. The van der Waals surface area contributed by atoms with E-state index >= 15 is 0 Å². The Kier molecular flexibility index (Phi) is 6.43. The molecule has 5 heteroatoms. The van der Waals surface area contributed by atoms with Crippen molar-refractivity contribution in [1.29, 1.82) is 0 Å². The fourth-order valence-corrected chi connectivity index (χ4v) is 5.84. The molecule has 3 aliphatic carbocycles.